The molecule has 0 unspecified atom stereocenters. The molecule has 0 spiro atoms. The van der Waals surface area contributed by atoms with E-state index >= 15 is 0 Å². The van der Waals surface area contributed by atoms with E-state index in [0.717, 1.165) is 11.1 Å². The molecule has 0 aliphatic heterocycles. The molecule has 0 heteroatoms. The Balaban J connectivity index is 2.22. The van der Waals surface area contributed by atoms with Crippen molar-refractivity contribution in [1.82, 2.24) is 0 Å². The van der Waals surface area contributed by atoms with Crippen molar-refractivity contribution in [3.05, 3.63) is 71.8 Å². The molecule has 0 fully saturated rings. The molecule has 0 aliphatic rings. The van der Waals surface area contributed by atoms with Crippen LogP contribution < -0.4 is 0 Å². The van der Waals surface area contributed by atoms with Gasteiger partial charge in [-0.1, -0.05) is 48.2 Å². The van der Waals surface area contributed by atoms with E-state index in [0.29, 0.717) is 6.04 Å². The van der Waals surface area contributed by atoms with Crippen molar-refractivity contribution in [3.8, 4) is 11.8 Å². The minimum Gasteiger partial charge on any atom is -0.0622 e. The first-order valence-electron chi connectivity index (χ1n) is 4.98. The van der Waals surface area contributed by atoms with Gasteiger partial charge in [0.1, 0.15) is 0 Å². The summed E-state index contributed by atoms with van der Waals surface area (Å²) in [5.41, 5.74) is 1.95. The normalized spacial score (nSPS) is 9.86. The fourth-order valence-corrected chi connectivity index (χ4v) is 1.14. The maximum absolute atomic E-state index is 7.34. The molecule has 0 nitrogen and oxygen atoms in total. The number of benzene rings is 2. The van der Waals surface area contributed by atoms with Crippen LogP contribution in [0.5, 0.6) is 0 Å². The molecule has 0 N–H and O–H groups in total. The highest BCUT2D eigenvalue weighted by Gasteiger charge is 1.83. The minimum atomic E-state index is 0.514. The van der Waals surface area contributed by atoms with Gasteiger partial charge in [0, 0.05) is 11.1 Å². The molecule has 2 aromatic rings. The summed E-state index contributed by atoms with van der Waals surface area (Å²) in [6, 6.07) is 17.6. The molecule has 14 heavy (non-hydrogen) atoms. The Morgan fingerprint density at radius 1 is 0.714 bits per heavy atom. The van der Waals surface area contributed by atoms with Crippen LogP contribution in [-0.2, 0) is 0 Å². The van der Waals surface area contributed by atoms with Crippen molar-refractivity contribution >= 4 is 0 Å². The van der Waals surface area contributed by atoms with Crippen LogP contribution in [0.4, 0.5) is 0 Å². The van der Waals surface area contributed by atoms with Gasteiger partial charge in [-0.3, -0.25) is 0 Å². The van der Waals surface area contributed by atoms with Crippen molar-refractivity contribution in [3.63, 3.8) is 0 Å². The molecule has 2 rings (SSSR count). The van der Waals surface area contributed by atoms with E-state index < -0.39 is 0 Å². The molecule has 0 atom stereocenters. The van der Waals surface area contributed by atoms with Crippen LogP contribution in [-0.4, -0.2) is 0 Å². The Morgan fingerprint density at radius 3 is 1.79 bits per heavy atom. The SMILES string of the molecule is [2H]c1ccc(C#Cc2ccccc2)cc1. The fraction of sp³-hybridized carbons (Fsp3) is 0. The van der Waals surface area contributed by atoms with Gasteiger partial charge in [0.25, 0.3) is 0 Å². The molecule has 0 radical (unpaired) electrons. The van der Waals surface area contributed by atoms with E-state index in [-0.39, 0.29) is 0 Å². The van der Waals surface area contributed by atoms with Gasteiger partial charge in [-0.05, 0) is 24.3 Å². The lowest BCUT2D eigenvalue weighted by Gasteiger charge is -1.88. The monoisotopic (exact) mass is 179 g/mol. The summed E-state index contributed by atoms with van der Waals surface area (Å²) in [4.78, 5) is 0. The molecule has 0 heterocycles. The van der Waals surface area contributed by atoms with Gasteiger partial charge in [0.2, 0.25) is 0 Å². The van der Waals surface area contributed by atoms with E-state index in [1.54, 1.807) is 12.1 Å². The van der Waals surface area contributed by atoms with Gasteiger partial charge in [0.15, 0.2) is 0 Å². The number of hydrogen-bond donors (Lipinski definition) is 0. The summed E-state index contributed by atoms with van der Waals surface area (Å²) in [6.45, 7) is 0. The van der Waals surface area contributed by atoms with Crippen molar-refractivity contribution < 1.29 is 1.37 Å². The van der Waals surface area contributed by atoms with Crippen LogP contribution in [0.3, 0.4) is 0 Å². The first-order chi connectivity index (χ1) is 7.34. The summed E-state index contributed by atoms with van der Waals surface area (Å²) in [7, 11) is 0. The lowest BCUT2D eigenvalue weighted by molar-refractivity contribution is 1.62. The minimum absolute atomic E-state index is 0.514. The highest BCUT2D eigenvalue weighted by molar-refractivity contribution is 5.42. The Bertz CT molecular complexity index is 486. The molecule has 0 aliphatic carbocycles. The topological polar surface area (TPSA) is 0 Å². The van der Waals surface area contributed by atoms with Crippen LogP contribution in [0, 0.1) is 11.8 Å². The van der Waals surface area contributed by atoms with Gasteiger partial charge in [-0.2, -0.15) is 0 Å². The maximum atomic E-state index is 7.34. The summed E-state index contributed by atoms with van der Waals surface area (Å²) in [5, 5.41) is 0. The van der Waals surface area contributed by atoms with E-state index in [9.17, 15) is 0 Å². The van der Waals surface area contributed by atoms with Crippen molar-refractivity contribution in [1.29, 1.82) is 0 Å². The highest BCUT2D eigenvalue weighted by atomic mass is 13.9. The van der Waals surface area contributed by atoms with Gasteiger partial charge in [0.05, 0.1) is 1.37 Å². The third-order valence-electron chi connectivity index (χ3n) is 1.84. The summed E-state index contributed by atoms with van der Waals surface area (Å²) in [5.74, 6) is 6.12. The predicted octanol–water partition coefficient (Wildman–Crippen LogP) is 3.09. The summed E-state index contributed by atoms with van der Waals surface area (Å²) in [6.07, 6.45) is 0. The van der Waals surface area contributed by atoms with Crippen molar-refractivity contribution in [2.24, 2.45) is 0 Å². The third-order valence-corrected chi connectivity index (χ3v) is 1.84. The second kappa shape index (κ2) is 4.30. The van der Waals surface area contributed by atoms with Crippen LogP contribution in [0.15, 0.2) is 60.6 Å². The zero-order valence-corrected chi connectivity index (χ0v) is 7.70. The first kappa shape index (κ1) is 7.41. The van der Waals surface area contributed by atoms with Crippen LogP contribution in [0.1, 0.15) is 12.5 Å². The summed E-state index contributed by atoms with van der Waals surface area (Å²) >= 11 is 0. The third kappa shape index (κ3) is 2.24. The molecule has 0 saturated carbocycles. The smallest absolute Gasteiger partial charge is 0.0622 e. The lowest BCUT2D eigenvalue weighted by atomic mass is 10.2. The van der Waals surface area contributed by atoms with Gasteiger partial charge in [-0.25, -0.2) is 0 Å². The molecule has 0 aromatic heterocycles. The molecular formula is C14H10. The Morgan fingerprint density at radius 2 is 1.21 bits per heavy atom. The maximum Gasteiger partial charge on any atom is 0.0623 e. The van der Waals surface area contributed by atoms with Gasteiger partial charge < -0.3 is 0 Å². The second-order valence-electron chi connectivity index (χ2n) is 2.90. The van der Waals surface area contributed by atoms with E-state index in [2.05, 4.69) is 11.8 Å². The molecular weight excluding hydrogens is 168 g/mol. The molecule has 0 bridgehead atoms. The van der Waals surface area contributed by atoms with Crippen molar-refractivity contribution in [2.75, 3.05) is 0 Å². The van der Waals surface area contributed by atoms with Crippen LogP contribution in [0.25, 0.3) is 0 Å². The van der Waals surface area contributed by atoms with Crippen LogP contribution >= 0.6 is 0 Å². The fourth-order valence-electron chi connectivity index (χ4n) is 1.14. The first-order valence-corrected chi connectivity index (χ1v) is 4.48. The summed E-state index contributed by atoms with van der Waals surface area (Å²) < 4.78 is 7.34. The molecule has 0 amide bonds. The Hall–Kier alpha value is -2.00. The van der Waals surface area contributed by atoms with Gasteiger partial charge >= 0.3 is 0 Å². The van der Waals surface area contributed by atoms with E-state index in [4.69, 9.17) is 1.37 Å². The number of rotatable bonds is 0. The van der Waals surface area contributed by atoms with Crippen molar-refractivity contribution in [2.45, 2.75) is 0 Å². The molecule has 66 valence electrons. The number of hydrogen-bond acceptors (Lipinski definition) is 0. The highest BCUT2D eigenvalue weighted by Crippen LogP contribution is 1.98. The zero-order valence-electron chi connectivity index (χ0n) is 8.70. The largest absolute Gasteiger partial charge is 0.0623 e. The predicted molar refractivity (Wildman–Crippen MR) is 58.9 cm³/mol. The van der Waals surface area contributed by atoms with E-state index in [1.807, 2.05) is 42.5 Å². The zero-order chi connectivity index (χ0) is 10.5. The Kier molecular flexibility index (Phi) is 2.27. The van der Waals surface area contributed by atoms with Crippen LogP contribution in [0.2, 0.25) is 0 Å². The average molecular weight is 179 g/mol. The quantitative estimate of drug-likeness (QED) is 0.545. The van der Waals surface area contributed by atoms with Gasteiger partial charge in [-0.15, -0.1) is 0 Å². The Labute approximate surface area is 85.6 Å². The average Bonchev–Trinajstić information content (AvgIpc) is 2.30. The molecule has 0 saturated heterocycles. The second-order valence-corrected chi connectivity index (χ2v) is 2.90. The lowest BCUT2D eigenvalue weighted by Crippen LogP contribution is -1.73. The molecule has 2 aromatic carbocycles. The van der Waals surface area contributed by atoms with E-state index in [1.165, 1.54) is 0 Å². The standard InChI is InChI=1S/C14H10/c1-3-7-13(8-4-1)11-12-14-9-5-2-6-10-14/h1-10H/i1D.